The molecule has 1 aliphatic rings. The van der Waals surface area contributed by atoms with Gasteiger partial charge in [-0.3, -0.25) is 4.79 Å². The predicted molar refractivity (Wildman–Crippen MR) is 58.2 cm³/mol. The molecule has 0 radical (unpaired) electrons. The van der Waals surface area contributed by atoms with Crippen molar-refractivity contribution >= 4 is 17.8 Å². The van der Waals surface area contributed by atoms with Crippen molar-refractivity contribution in [2.24, 2.45) is 0 Å². The molecule has 1 amide bonds. The summed E-state index contributed by atoms with van der Waals surface area (Å²) in [5.41, 5.74) is 0. The highest BCUT2D eigenvalue weighted by atomic mass is 16.6. The van der Waals surface area contributed by atoms with Crippen molar-refractivity contribution in [1.82, 2.24) is 5.32 Å². The highest BCUT2D eigenvalue weighted by molar-refractivity contribution is 5.89. The number of nitrogens with one attached hydrogen (secondary N) is 1. The summed E-state index contributed by atoms with van der Waals surface area (Å²) in [6.07, 6.45) is 1.37. The minimum atomic E-state index is -1.14. The summed E-state index contributed by atoms with van der Waals surface area (Å²) in [7, 11) is 0. The summed E-state index contributed by atoms with van der Waals surface area (Å²) in [4.78, 5) is 33.3. The third kappa shape index (κ3) is 4.05. The zero-order valence-electron chi connectivity index (χ0n) is 9.77. The molecule has 0 aromatic heterocycles. The summed E-state index contributed by atoms with van der Waals surface area (Å²) in [5.74, 6) is -2.00. The molecule has 96 valence electrons. The first-order valence-electron chi connectivity index (χ1n) is 5.77. The Hall–Kier alpha value is -1.59. The molecule has 6 heteroatoms. The number of amides is 1. The molecule has 0 aromatic rings. The highest BCUT2D eigenvalue weighted by Crippen LogP contribution is 2.12. The summed E-state index contributed by atoms with van der Waals surface area (Å²) < 4.78 is 4.89. The van der Waals surface area contributed by atoms with Crippen molar-refractivity contribution in [2.45, 2.75) is 51.2 Å². The Kier molecular flexibility index (Phi) is 4.93. The Balaban J connectivity index is 2.46. The summed E-state index contributed by atoms with van der Waals surface area (Å²) >= 11 is 0. The second-order valence-electron chi connectivity index (χ2n) is 4.06. The second-order valence-corrected chi connectivity index (χ2v) is 4.06. The van der Waals surface area contributed by atoms with Gasteiger partial charge in [-0.2, -0.15) is 0 Å². The van der Waals surface area contributed by atoms with Gasteiger partial charge in [0.2, 0.25) is 5.91 Å². The van der Waals surface area contributed by atoms with Crippen LogP contribution >= 0.6 is 0 Å². The van der Waals surface area contributed by atoms with Crippen LogP contribution in [0, 0.1) is 0 Å². The number of rotatable bonds is 6. The van der Waals surface area contributed by atoms with Crippen LogP contribution in [0.15, 0.2) is 0 Å². The molecule has 1 heterocycles. The molecule has 1 aliphatic heterocycles. The van der Waals surface area contributed by atoms with E-state index < -0.39 is 24.1 Å². The predicted octanol–water partition coefficient (Wildman–Crippen LogP) is 0.452. The zero-order valence-corrected chi connectivity index (χ0v) is 9.77. The van der Waals surface area contributed by atoms with Crippen LogP contribution in [0.5, 0.6) is 0 Å². The lowest BCUT2D eigenvalue weighted by Gasteiger charge is -2.16. The van der Waals surface area contributed by atoms with Gasteiger partial charge in [0.15, 0.2) is 6.10 Å². The lowest BCUT2D eigenvalue weighted by atomic mass is 10.1. The number of unbranched alkanes of at least 4 members (excludes halogenated alkanes) is 1. The molecule has 1 rings (SSSR count). The summed E-state index contributed by atoms with van der Waals surface area (Å²) in [6.45, 7) is 1.93. The van der Waals surface area contributed by atoms with Crippen LogP contribution in [0.2, 0.25) is 0 Å². The van der Waals surface area contributed by atoms with E-state index in [1.165, 1.54) is 0 Å². The quantitative estimate of drug-likeness (QED) is 0.661. The maximum absolute atomic E-state index is 11.6. The smallest absolute Gasteiger partial charge is 0.345 e. The van der Waals surface area contributed by atoms with Crippen molar-refractivity contribution in [3.05, 3.63) is 0 Å². The van der Waals surface area contributed by atoms with Crippen molar-refractivity contribution < 1.29 is 24.2 Å². The van der Waals surface area contributed by atoms with Crippen molar-refractivity contribution in [3.63, 3.8) is 0 Å². The number of carboxylic acid groups (broad SMARTS) is 1. The summed E-state index contributed by atoms with van der Waals surface area (Å²) in [5, 5.41) is 11.3. The monoisotopic (exact) mass is 243 g/mol. The zero-order chi connectivity index (χ0) is 12.8. The number of carbonyl (C=O) groups is 3. The van der Waals surface area contributed by atoms with Crippen LogP contribution in [0.25, 0.3) is 0 Å². The number of aliphatic carboxylic acids is 1. The number of esters is 1. The van der Waals surface area contributed by atoms with E-state index in [0.717, 1.165) is 6.42 Å². The Labute approximate surface area is 99.3 Å². The molecule has 1 saturated heterocycles. The molecule has 0 saturated carbocycles. The van der Waals surface area contributed by atoms with Gasteiger partial charge < -0.3 is 15.2 Å². The van der Waals surface area contributed by atoms with Crippen molar-refractivity contribution in [1.29, 1.82) is 0 Å². The lowest BCUT2D eigenvalue weighted by molar-refractivity contribution is -0.165. The normalized spacial score (nSPS) is 20.8. The molecule has 2 N–H and O–H groups in total. The molecular formula is C11H17NO5. The molecule has 1 fully saturated rings. The molecule has 0 spiro atoms. The summed E-state index contributed by atoms with van der Waals surface area (Å²) in [6, 6.07) is -0.689. The molecule has 0 bridgehead atoms. The molecule has 2 atom stereocenters. The fourth-order valence-electron chi connectivity index (χ4n) is 1.64. The maximum atomic E-state index is 11.6. The SMILES string of the molecule is CCCCC(OC(=O)[C@@H]1CCC(=O)N1)C(=O)O. The molecule has 17 heavy (non-hydrogen) atoms. The van der Waals surface area contributed by atoms with E-state index in [0.29, 0.717) is 19.3 Å². The van der Waals surface area contributed by atoms with Crippen LogP contribution in [0.4, 0.5) is 0 Å². The van der Waals surface area contributed by atoms with Crippen LogP contribution in [0.3, 0.4) is 0 Å². The third-order valence-corrected chi connectivity index (χ3v) is 2.63. The largest absolute Gasteiger partial charge is 0.479 e. The molecule has 0 aliphatic carbocycles. The van der Waals surface area contributed by atoms with Crippen molar-refractivity contribution in [3.8, 4) is 0 Å². The van der Waals surface area contributed by atoms with E-state index >= 15 is 0 Å². The number of hydrogen-bond acceptors (Lipinski definition) is 4. The molecule has 0 aromatic carbocycles. The van der Waals surface area contributed by atoms with Gasteiger partial charge in [0.25, 0.3) is 0 Å². The Morgan fingerprint density at radius 1 is 1.59 bits per heavy atom. The van der Waals surface area contributed by atoms with E-state index in [4.69, 9.17) is 9.84 Å². The van der Waals surface area contributed by atoms with Gasteiger partial charge in [0.1, 0.15) is 6.04 Å². The van der Waals surface area contributed by atoms with Gasteiger partial charge >= 0.3 is 11.9 Å². The van der Waals surface area contributed by atoms with E-state index in [9.17, 15) is 14.4 Å². The number of hydrogen-bond donors (Lipinski definition) is 2. The van der Waals surface area contributed by atoms with Crippen LogP contribution in [-0.2, 0) is 19.1 Å². The lowest BCUT2D eigenvalue weighted by Crippen LogP contribution is -2.38. The fourth-order valence-corrected chi connectivity index (χ4v) is 1.64. The standard InChI is InChI=1S/C11H17NO5/c1-2-3-4-8(10(14)15)17-11(16)7-5-6-9(13)12-7/h7-8H,2-6H2,1H3,(H,12,13)(H,14,15)/t7-,8?/m0/s1. The van der Waals surface area contributed by atoms with Gasteiger partial charge in [0.05, 0.1) is 0 Å². The van der Waals surface area contributed by atoms with E-state index in [1.807, 2.05) is 6.92 Å². The minimum Gasteiger partial charge on any atom is -0.479 e. The first-order valence-corrected chi connectivity index (χ1v) is 5.77. The van der Waals surface area contributed by atoms with Gasteiger partial charge in [-0.1, -0.05) is 13.3 Å². The van der Waals surface area contributed by atoms with Gasteiger partial charge in [-0.05, 0) is 19.3 Å². The first kappa shape index (κ1) is 13.5. The average Bonchev–Trinajstić information content (AvgIpc) is 2.70. The Morgan fingerprint density at radius 2 is 2.29 bits per heavy atom. The van der Waals surface area contributed by atoms with Crippen LogP contribution < -0.4 is 5.32 Å². The number of ether oxygens (including phenoxy) is 1. The number of carboxylic acids is 1. The van der Waals surface area contributed by atoms with Gasteiger partial charge in [-0.15, -0.1) is 0 Å². The third-order valence-electron chi connectivity index (χ3n) is 2.63. The topological polar surface area (TPSA) is 92.7 Å². The fraction of sp³-hybridized carbons (Fsp3) is 0.727. The van der Waals surface area contributed by atoms with Crippen molar-refractivity contribution in [2.75, 3.05) is 0 Å². The minimum absolute atomic E-state index is 0.201. The van der Waals surface area contributed by atoms with Gasteiger partial charge in [0, 0.05) is 6.42 Å². The van der Waals surface area contributed by atoms with E-state index in [1.54, 1.807) is 0 Å². The second kappa shape index (κ2) is 6.22. The van der Waals surface area contributed by atoms with Crippen LogP contribution in [0.1, 0.15) is 39.0 Å². The number of carbonyl (C=O) groups excluding carboxylic acids is 2. The van der Waals surface area contributed by atoms with Crippen LogP contribution in [-0.4, -0.2) is 35.1 Å². The Morgan fingerprint density at radius 3 is 2.76 bits per heavy atom. The first-order chi connectivity index (χ1) is 8.04. The van der Waals surface area contributed by atoms with E-state index in [2.05, 4.69) is 5.32 Å². The molecule has 1 unspecified atom stereocenters. The highest BCUT2D eigenvalue weighted by Gasteiger charge is 2.31. The van der Waals surface area contributed by atoms with E-state index in [-0.39, 0.29) is 12.3 Å². The molecular weight excluding hydrogens is 226 g/mol. The molecule has 6 nitrogen and oxygen atoms in total. The maximum Gasteiger partial charge on any atom is 0.345 e. The van der Waals surface area contributed by atoms with Gasteiger partial charge in [-0.25, -0.2) is 9.59 Å². The Bertz CT molecular complexity index is 315. The average molecular weight is 243 g/mol.